The predicted molar refractivity (Wildman–Crippen MR) is 100 cm³/mol. The molecule has 6 heteroatoms. The molecule has 1 fully saturated rings. The van der Waals surface area contributed by atoms with Crippen molar-refractivity contribution < 1.29 is 4.79 Å². The fraction of sp³-hybridized carbons (Fsp3) is 0.350. The maximum Gasteiger partial charge on any atom is 0.272 e. The standard InChI is InChI=1S/C20H22N4O2/c25-19-9-5-2-6-11-23(19)12-10-16-13-20(26)24-18(21-16)14-17(22-24)15-7-3-1-4-8-15/h1,3-4,7-8,13-14,22H,2,5-6,9-12H2. The van der Waals surface area contributed by atoms with Crippen LogP contribution in [0, 0.1) is 0 Å². The molecule has 1 aliphatic heterocycles. The molecular weight excluding hydrogens is 328 g/mol. The number of nitrogens with zero attached hydrogens (tertiary/aromatic N) is 3. The van der Waals surface area contributed by atoms with Gasteiger partial charge in [-0.05, 0) is 18.4 Å². The second kappa shape index (κ2) is 7.15. The van der Waals surface area contributed by atoms with Crippen LogP contribution in [-0.2, 0) is 11.2 Å². The lowest BCUT2D eigenvalue weighted by atomic mass is 10.2. The topological polar surface area (TPSA) is 70.5 Å². The Bertz CT molecular complexity index is 974. The Balaban J connectivity index is 1.57. The average Bonchev–Trinajstić information content (AvgIpc) is 2.98. The molecule has 134 valence electrons. The van der Waals surface area contributed by atoms with Crippen LogP contribution >= 0.6 is 0 Å². The van der Waals surface area contributed by atoms with Crippen molar-refractivity contribution in [1.29, 1.82) is 0 Å². The fourth-order valence-corrected chi connectivity index (χ4v) is 3.46. The predicted octanol–water partition coefficient (Wildman–Crippen LogP) is 2.63. The summed E-state index contributed by atoms with van der Waals surface area (Å²) in [5.74, 6) is 0.216. The van der Waals surface area contributed by atoms with E-state index in [0.29, 0.717) is 25.0 Å². The number of aromatic amines is 1. The molecule has 1 saturated heterocycles. The number of carbonyl (C=O) groups is 1. The van der Waals surface area contributed by atoms with Crippen LogP contribution in [0.15, 0.2) is 47.3 Å². The third-order valence-electron chi connectivity index (χ3n) is 4.90. The summed E-state index contributed by atoms with van der Waals surface area (Å²) in [7, 11) is 0. The van der Waals surface area contributed by atoms with Crippen LogP contribution in [-0.4, -0.2) is 38.5 Å². The number of aromatic nitrogens is 3. The Morgan fingerprint density at radius 3 is 2.73 bits per heavy atom. The number of carbonyl (C=O) groups excluding carboxylic acids is 1. The van der Waals surface area contributed by atoms with Crippen LogP contribution in [0.3, 0.4) is 0 Å². The zero-order valence-electron chi connectivity index (χ0n) is 14.6. The van der Waals surface area contributed by atoms with Crippen molar-refractivity contribution in [2.45, 2.75) is 32.1 Å². The van der Waals surface area contributed by atoms with Gasteiger partial charge in [-0.1, -0.05) is 36.8 Å². The highest BCUT2D eigenvalue weighted by Crippen LogP contribution is 2.18. The number of rotatable bonds is 4. The van der Waals surface area contributed by atoms with Gasteiger partial charge in [-0.15, -0.1) is 0 Å². The molecule has 0 bridgehead atoms. The van der Waals surface area contributed by atoms with E-state index in [9.17, 15) is 9.59 Å². The Hall–Kier alpha value is -2.89. The van der Waals surface area contributed by atoms with Crippen LogP contribution in [0.25, 0.3) is 16.9 Å². The first-order chi connectivity index (χ1) is 12.7. The molecule has 1 aromatic carbocycles. The lowest BCUT2D eigenvalue weighted by Crippen LogP contribution is -2.32. The van der Waals surface area contributed by atoms with Gasteiger partial charge >= 0.3 is 0 Å². The molecule has 1 N–H and O–H groups in total. The Labute approximate surface area is 151 Å². The van der Waals surface area contributed by atoms with E-state index in [-0.39, 0.29) is 11.5 Å². The minimum absolute atomic E-state index is 0.130. The SMILES string of the molecule is O=C1CCCCCN1CCc1cc(=O)n2[nH]c(-c3ccccc3)cc2n1. The molecule has 6 nitrogen and oxygen atoms in total. The van der Waals surface area contributed by atoms with Gasteiger partial charge in [0.15, 0.2) is 5.65 Å². The number of likely N-dealkylation sites (tertiary alicyclic amines) is 1. The van der Waals surface area contributed by atoms with Gasteiger partial charge in [0.25, 0.3) is 5.56 Å². The van der Waals surface area contributed by atoms with E-state index in [1.165, 1.54) is 4.52 Å². The van der Waals surface area contributed by atoms with Gasteiger partial charge in [-0.3, -0.25) is 14.7 Å². The Kier molecular flexibility index (Phi) is 4.56. The summed E-state index contributed by atoms with van der Waals surface area (Å²) in [6, 6.07) is 13.3. The molecule has 4 rings (SSSR count). The Morgan fingerprint density at radius 2 is 1.88 bits per heavy atom. The van der Waals surface area contributed by atoms with E-state index in [4.69, 9.17) is 0 Å². The van der Waals surface area contributed by atoms with Crippen molar-refractivity contribution in [3.63, 3.8) is 0 Å². The zero-order chi connectivity index (χ0) is 17.9. The number of hydrogen-bond donors (Lipinski definition) is 1. The molecular formula is C20H22N4O2. The van der Waals surface area contributed by atoms with Crippen molar-refractivity contribution in [3.05, 3.63) is 58.5 Å². The van der Waals surface area contributed by atoms with Gasteiger partial charge < -0.3 is 4.90 Å². The second-order valence-corrected chi connectivity index (χ2v) is 6.76. The van der Waals surface area contributed by atoms with Gasteiger partial charge in [0.1, 0.15) is 0 Å². The van der Waals surface area contributed by atoms with Gasteiger partial charge in [0, 0.05) is 38.1 Å². The van der Waals surface area contributed by atoms with Crippen LogP contribution in [0.5, 0.6) is 0 Å². The van der Waals surface area contributed by atoms with Gasteiger partial charge in [-0.2, -0.15) is 0 Å². The largest absolute Gasteiger partial charge is 0.342 e. The van der Waals surface area contributed by atoms with E-state index in [2.05, 4.69) is 10.1 Å². The second-order valence-electron chi connectivity index (χ2n) is 6.76. The molecule has 0 spiro atoms. The number of hydrogen-bond acceptors (Lipinski definition) is 3. The number of benzene rings is 1. The molecule has 26 heavy (non-hydrogen) atoms. The summed E-state index contributed by atoms with van der Waals surface area (Å²) in [5.41, 5.74) is 3.07. The minimum atomic E-state index is -0.130. The zero-order valence-corrected chi connectivity index (χ0v) is 14.6. The van der Waals surface area contributed by atoms with Gasteiger partial charge in [0.2, 0.25) is 5.91 Å². The van der Waals surface area contributed by atoms with Crippen LogP contribution in [0.1, 0.15) is 31.4 Å². The maximum absolute atomic E-state index is 12.4. The molecule has 0 atom stereocenters. The van der Waals surface area contributed by atoms with Crippen molar-refractivity contribution in [2.24, 2.45) is 0 Å². The fourth-order valence-electron chi connectivity index (χ4n) is 3.46. The molecule has 3 heterocycles. The summed E-state index contributed by atoms with van der Waals surface area (Å²) in [6.45, 7) is 1.43. The summed E-state index contributed by atoms with van der Waals surface area (Å²) < 4.78 is 1.46. The van der Waals surface area contributed by atoms with Gasteiger partial charge in [0.05, 0.1) is 11.4 Å². The lowest BCUT2D eigenvalue weighted by Gasteiger charge is -2.20. The monoisotopic (exact) mass is 350 g/mol. The third-order valence-corrected chi connectivity index (χ3v) is 4.90. The molecule has 3 aromatic rings. The van der Waals surface area contributed by atoms with Crippen LogP contribution < -0.4 is 5.56 Å². The molecule has 1 amide bonds. The number of fused-ring (bicyclic) bond motifs is 1. The Morgan fingerprint density at radius 1 is 1.04 bits per heavy atom. The minimum Gasteiger partial charge on any atom is -0.342 e. The van der Waals surface area contributed by atoms with E-state index < -0.39 is 0 Å². The number of H-pyrrole nitrogens is 1. The first-order valence-electron chi connectivity index (χ1n) is 9.15. The van der Waals surface area contributed by atoms with E-state index in [0.717, 1.165) is 42.8 Å². The molecule has 0 unspecified atom stereocenters. The molecule has 1 aliphatic rings. The smallest absolute Gasteiger partial charge is 0.272 e. The summed E-state index contributed by atoms with van der Waals surface area (Å²) >= 11 is 0. The lowest BCUT2D eigenvalue weighted by molar-refractivity contribution is -0.130. The van der Waals surface area contributed by atoms with Crippen molar-refractivity contribution in [1.82, 2.24) is 19.5 Å². The highest BCUT2D eigenvalue weighted by molar-refractivity contribution is 5.76. The van der Waals surface area contributed by atoms with Crippen molar-refractivity contribution >= 4 is 11.6 Å². The molecule has 0 aliphatic carbocycles. The first kappa shape index (κ1) is 16.6. The van der Waals surface area contributed by atoms with Crippen molar-refractivity contribution in [3.8, 4) is 11.3 Å². The quantitative estimate of drug-likeness (QED) is 0.786. The highest BCUT2D eigenvalue weighted by Gasteiger charge is 2.17. The van der Waals surface area contributed by atoms with Gasteiger partial charge in [-0.25, -0.2) is 9.50 Å². The van der Waals surface area contributed by atoms with Crippen LogP contribution in [0.4, 0.5) is 0 Å². The average molecular weight is 350 g/mol. The third kappa shape index (κ3) is 3.40. The summed E-state index contributed by atoms with van der Waals surface area (Å²) in [5, 5.41) is 3.11. The van der Waals surface area contributed by atoms with E-state index in [1.54, 1.807) is 6.07 Å². The van der Waals surface area contributed by atoms with E-state index in [1.807, 2.05) is 41.3 Å². The molecule has 0 radical (unpaired) electrons. The van der Waals surface area contributed by atoms with E-state index >= 15 is 0 Å². The normalized spacial score (nSPS) is 15.4. The maximum atomic E-state index is 12.4. The highest BCUT2D eigenvalue weighted by atomic mass is 16.2. The number of amides is 1. The first-order valence-corrected chi connectivity index (χ1v) is 9.15. The van der Waals surface area contributed by atoms with Crippen LogP contribution in [0.2, 0.25) is 0 Å². The van der Waals surface area contributed by atoms with Crippen molar-refractivity contribution in [2.75, 3.05) is 13.1 Å². The summed E-state index contributed by atoms with van der Waals surface area (Å²) in [6.07, 6.45) is 4.38. The molecule has 2 aromatic heterocycles. The molecule has 0 saturated carbocycles. The number of nitrogens with one attached hydrogen (secondary N) is 1. The summed E-state index contributed by atoms with van der Waals surface area (Å²) in [4.78, 5) is 31.1.